The van der Waals surface area contributed by atoms with Crippen LogP contribution in [0.3, 0.4) is 0 Å². The van der Waals surface area contributed by atoms with Crippen LogP contribution in [0.25, 0.3) is 21.5 Å². The zero-order valence-corrected chi connectivity index (χ0v) is 43.4. The summed E-state index contributed by atoms with van der Waals surface area (Å²) < 4.78 is 0. The van der Waals surface area contributed by atoms with Crippen molar-refractivity contribution in [3.63, 3.8) is 0 Å². The molecule has 58 heavy (non-hydrogen) atoms. The average molecular weight is 998 g/mol. The monoisotopic (exact) mass is 994 g/mol. The van der Waals surface area contributed by atoms with Crippen molar-refractivity contribution in [1.29, 1.82) is 0 Å². The van der Waals surface area contributed by atoms with Crippen LogP contribution in [-0.2, 0) is 52.4 Å². The molecule has 4 unspecified atom stereocenters. The summed E-state index contributed by atoms with van der Waals surface area (Å²) in [5.74, 6) is 1.45. The number of allylic oxidation sites excluding steroid dienone is 8. The summed E-state index contributed by atoms with van der Waals surface area (Å²) >= 11 is 0. The first-order valence-corrected chi connectivity index (χ1v) is 21.8. The molecule has 0 amide bonds. The number of rotatable bonds is 10. The van der Waals surface area contributed by atoms with Crippen molar-refractivity contribution in [1.82, 2.24) is 0 Å². The molecule has 6 aromatic carbocycles. The molecule has 6 aromatic rings. The van der Waals surface area contributed by atoms with E-state index in [1.807, 2.05) is 0 Å². The largest absolute Gasteiger partial charge is 2.00 e. The van der Waals surface area contributed by atoms with Gasteiger partial charge in [0.15, 0.2) is 0 Å². The van der Waals surface area contributed by atoms with Crippen molar-refractivity contribution >= 4 is 59.9 Å². The number of halogens is 2. The Morgan fingerprint density at radius 1 is 0.552 bits per heavy atom. The van der Waals surface area contributed by atoms with Gasteiger partial charge in [-0.2, -0.15) is 24.3 Å². The van der Waals surface area contributed by atoms with Gasteiger partial charge in [0, 0.05) is 0 Å². The van der Waals surface area contributed by atoms with Crippen LogP contribution in [0.1, 0.15) is 77.3 Å². The Labute approximate surface area is 405 Å². The van der Waals surface area contributed by atoms with Gasteiger partial charge in [0.1, 0.15) is 0 Å². The first-order chi connectivity index (χ1) is 26.3. The second-order valence-corrected chi connectivity index (χ2v) is 17.2. The molecule has 0 aliphatic heterocycles. The number of aryl methyl sites for hydroxylation is 2. The molecule has 0 spiro atoms. The third-order valence-electron chi connectivity index (χ3n) is 10.0. The smallest absolute Gasteiger partial charge is 1.00 e. The molecule has 0 saturated carbocycles. The quantitative estimate of drug-likeness (QED) is 0.101. The minimum atomic E-state index is 0. The van der Waals surface area contributed by atoms with Crippen molar-refractivity contribution in [2.75, 3.05) is 0 Å². The van der Waals surface area contributed by atoms with Crippen LogP contribution in [0.2, 0.25) is 0 Å². The van der Waals surface area contributed by atoms with Gasteiger partial charge in [-0.15, -0.1) is 93.5 Å². The van der Waals surface area contributed by atoms with E-state index in [-0.39, 0.29) is 77.2 Å². The Hall–Kier alpha value is -1.73. The van der Waals surface area contributed by atoms with Gasteiger partial charge in [0.05, 0.1) is 0 Å². The molecular weight excluding hydrogens is 940 g/mol. The molecule has 8 rings (SSSR count). The van der Waals surface area contributed by atoms with Gasteiger partial charge in [0.2, 0.25) is 0 Å². The van der Waals surface area contributed by atoms with E-state index >= 15 is 0 Å². The van der Waals surface area contributed by atoms with Gasteiger partial charge < -0.3 is 24.8 Å². The molecule has 300 valence electrons. The normalized spacial score (nSPS) is 13.4. The Kier molecular flexibility index (Phi) is 27.6. The predicted molar refractivity (Wildman–Crippen MR) is 246 cm³/mol. The fourth-order valence-corrected chi connectivity index (χ4v) is 9.33. The van der Waals surface area contributed by atoms with Crippen molar-refractivity contribution < 1.29 is 77.2 Å². The van der Waals surface area contributed by atoms with Crippen molar-refractivity contribution in [3.05, 3.63) is 180 Å². The minimum absolute atomic E-state index is 0. The maximum atomic E-state index is 3.35. The molecule has 0 radical (unpaired) electrons. The van der Waals surface area contributed by atoms with E-state index in [9.17, 15) is 0 Å². The maximum Gasteiger partial charge on any atom is 2.00 e. The molecule has 6 heteroatoms. The molecule has 0 aromatic heterocycles. The summed E-state index contributed by atoms with van der Waals surface area (Å²) in [5, 5.41) is 11.2. The standard InChI is InChI=1S/2C16H14P.2C10H15.2ClH.2Zr/c2*1-12-6-2-5-9-16(12)17-15-10-13-7-3-4-8-14(13)11-15;2*1-3-6-9(2)10-7-4-5-8-10;;;;/h2*2-11,17H,1H3;2*4,7,9H,3,5-6H2,1-2H3;2*1H;;/q4*-1;;;2*+2/p-2. The summed E-state index contributed by atoms with van der Waals surface area (Å²) in [6, 6.07) is 43.6. The Balaban J connectivity index is 0.000000390. The van der Waals surface area contributed by atoms with Gasteiger partial charge in [-0.1, -0.05) is 130 Å². The molecule has 0 heterocycles. The SMILES string of the molecule is CCCC(C)C1=[C-]CC=C1.CCCC(C)C1=[C-]CC=C1.Cc1ccccc1Pc1cc2ccccc2[cH-]1.Cc1ccccc1Pc1cc2ccccc2[cH-]1.[Cl-].[Cl-].[Zr+2].[Zr+2]. The molecular formula is C52H58Cl2P2Zr2-2. The zero-order chi connectivity index (χ0) is 38.1. The van der Waals surface area contributed by atoms with E-state index in [0.717, 1.165) is 41.8 Å². The van der Waals surface area contributed by atoms with Crippen LogP contribution in [-0.4, -0.2) is 0 Å². The van der Waals surface area contributed by atoms with E-state index in [1.54, 1.807) is 0 Å². The number of fused-ring (bicyclic) bond motifs is 2. The van der Waals surface area contributed by atoms with Crippen molar-refractivity contribution in [2.24, 2.45) is 11.8 Å². The Morgan fingerprint density at radius 3 is 1.24 bits per heavy atom. The second-order valence-electron chi connectivity index (χ2n) is 14.5. The fraction of sp³-hybridized carbons (Fsp3) is 0.269. The molecule has 0 saturated heterocycles. The Morgan fingerprint density at radius 2 is 0.914 bits per heavy atom. The van der Waals surface area contributed by atoms with Crippen LogP contribution in [0, 0.1) is 37.8 Å². The molecule has 0 nitrogen and oxygen atoms in total. The Bertz CT molecular complexity index is 1970. The first kappa shape index (κ1) is 54.3. The topological polar surface area (TPSA) is 0 Å². The molecule has 0 N–H and O–H groups in total. The third-order valence-corrected chi connectivity index (χ3v) is 12.8. The molecule has 2 aliphatic rings. The van der Waals surface area contributed by atoms with E-state index in [4.69, 9.17) is 0 Å². The van der Waals surface area contributed by atoms with E-state index in [1.165, 1.54) is 90.7 Å². The van der Waals surface area contributed by atoms with Gasteiger partial charge in [0.25, 0.3) is 0 Å². The van der Waals surface area contributed by atoms with Crippen LogP contribution in [0.5, 0.6) is 0 Å². The van der Waals surface area contributed by atoms with Crippen molar-refractivity contribution in [2.45, 2.75) is 80.1 Å². The maximum absolute atomic E-state index is 3.35. The predicted octanol–water partition coefficient (Wildman–Crippen LogP) is 7.22. The summed E-state index contributed by atoms with van der Waals surface area (Å²) in [5.41, 5.74) is 5.61. The zero-order valence-electron chi connectivity index (χ0n) is 35.0. The van der Waals surface area contributed by atoms with Gasteiger partial charge in [-0.05, 0) is 48.4 Å². The fourth-order valence-electron chi connectivity index (χ4n) is 6.88. The van der Waals surface area contributed by atoms with Crippen LogP contribution in [0.15, 0.2) is 157 Å². The first-order valence-electron chi connectivity index (χ1n) is 19.8. The summed E-state index contributed by atoms with van der Waals surface area (Å²) in [7, 11) is 1.52. The van der Waals surface area contributed by atoms with Crippen LogP contribution >= 0.6 is 17.2 Å². The second kappa shape index (κ2) is 29.5. The van der Waals surface area contributed by atoms with Gasteiger partial charge in [-0.3, -0.25) is 12.2 Å². The van der Waals surface area contributed by atoms with E-state index in [0.29, 0.717) is 0 Å². The number of benzene rings is 4. The summed E-state index contributed by atoms with van der Waals surface area (Å²) in [6.45, 7) is 13.4. The van der Waals surface area contributed by atoms with Gasteiger partial charge >= 0.3 is 52.4 Å². The number of hydrogen-bond acceptors (Lipinski definition) is 0. The average Bonchev–Trinajstić information content (AvgIpc) is 4.02. The molecule has 2 aliphatic carbocycles. The number of hydrogen-bond donors (Lipinski definition) is 0. The van der Waals surface area contributed by atoms with Crippen LogP contribution in [0.4, 0.5) is 0 Å². The van der Waals surface area contributed by atoms with Crippen molar-refractivity contribution in [3.8, 4) is 0 Å². The molecule has 0 bridgehead atoms. The van der Waals surface area contributed by atoms with E-state index < -0.39 is 0 Å². The molecule has 4 atom stereocenters. The summed E-state index contributed by atoms with van der Waals surface area (Å²) in [6.07, 6.45) is 22.7. The van der Waals surface area contributed by atoms with Gasteiger partial charge in [-0.25, -0.2) is 23.3 Å². The van der Waals surface area contributed by atoms with E-state index in [2.05, 4.69) is 199 Å². The molecule has 0 fully saturated rings. The minimum Gasteiger partial charge on any atom is -1.00 e. The third kappa shape index (κ3) is 17.3. The van der Waals surface area contributed by atoms with Crippen LogP contribution < -0.4 is 46.0 Å². The summed E-state index contributed by atoms with van der Waals surface area (Å²) in [4.78, 5) is 0.